The first-order valence-electron chi connectivity index (χ1n) is 4.80. The van der Waals surface area contributed by atoms with Crippen molar-refractivity contribution in [1.29, 1.82) is 0 Å². The molecule has 1 aromatic rings. The molecule has 0 aliphatic heterocycles. The van der Waals surface area contributed by atoms with Crippen LogP contribution in [0, 0.1) is 19.8 Å². The molecule has 1 atom stereocenters. The number of furan rings is 1. The normalized spacial score (nSPS) is 13.7. The van der Waals surface area contributed by atoms with Crippen molar-refractivity contribution in [2.24, 2.45) is 5.92 Å². The van der Waals surface area contributed by atoms with Gasteiger partial charge in [0.05, 0.1) is 0 Å². The first-order valence-corrected chi connectivity index (χ1v) is 4.80. The summed E-state index contributed by atoms with van der Waals surface area (Å²) in [4.78, 5) is 0. The summed E-state index contributed by atoms with van der Waals surface area (Å²) in [5, 5.41) is 3.31. The molecule has 2 heteroatoms. The molecule has 0 fully saturated rings. The monoisotopic (exact) mass is 181 g/mol. The van der Waals surface area contributed by atoms with E-state index in [2.05, 4.69) is 25.2 Å². The third-order valence-corrected chi connectivity index (χ3v) is 2.39. The zero-order valence-electron chi connectivity index (χ0n) is 9.14. The molecule has 1 rings (SSSR count). The van der Waals surface area contributed by atoms with Gasteiger partial charge in [-0.05, 0) is 32.9 Å². The summed E-state index contributed by atoms with van der Waals surface area (Å²) in [5.74, 6) is 2.61. The van der Waals surface area contributed by atoms with Crippen LogP contribution < -0.4 is 5.32 Å². The van der Waals surface area contributed by atoms with Crippen LogP contribution in [0.3, 0.4) is 0 Å². The third kappa shape index (κ3) is 2.13. The molecule has 0 saturated heterocycles. The molecule has 0 amide bonds. The summed E-state index contributed by atoms with van der Waals surface area (Å²) in [6.45, 7) is 8.44. The van der Waals surface area contributed by atoms with Crippen molar-refractivity contribution in [3.63, 3.8) is 0 Å². The summed E-state index contributed by atoms with van der Waals surface area (Å²) in [5.41, 5.74) is 1.29. The van der Waals surface area contributed by atoms with Gasteiger partial charge in [-0.25, -0.2) is 0 Å². The summed E-state index contributed by atoms with van der Waals surface area (Å²) in [6.07, 6.45) is 0. The van der Waals surface area contributed by atoms with Gasteiger partial charge in [0.2, 0.25) is 0 Å². The summed E-state index contributed by atoms with van der Waals surface area (Å²) >= 11 is 0. The lowest BCUT2D eigenvalue weighted by molar-refractivity contribution is 0.428. The molecule has 13 heavy (non-hydrogen) atoms. The highest BCUT2D eigenvalue weighted by molar-refractivity contribution is 5.24. The molecule has 1 heterocycles. The first kappa shape index (κ1) is 10.3. The van der Waals surface area contributed by atoms with Gasteiger partial charge in [-0.3, -0.25) is 0 Å². The third-order valence-electron chi connectivity index (χ3n) is 2.39. The minimum Gasteiger partial charge on any atom is -0.466 e. The number of nitrogens with one attached hydrogen (secondary N) is 1. The highest BCUT2D eigenvalue weighted by Crippen LogP contribution is 2.26. The Hall–Kier alpha value is -0.760. The van der Waals surface area contributed by atoms with E-state index in [1.807, 2.05) is 20.9 Å². The molecule has 1 aromatic heterocycles. The second-order valence-electron chi connectivity index (χ2n) is 3.88. The van der Waals surface area contributed by atoms with Crippen LogP contribution in [-0.4, -0.2) is 7.05 Å². The fourth-order valence-corrected chi connectivity index (χ4v) is 1.81. The maximum Gasteiger partial charge on any atom is 0.105 e. The summed E-state index contributed by atoms with van der Waals surface area (Å²) in [7, 11) is 1.99. The minimum atomic E-state index is 0.400. The Bertz CT molecular complexity index is 276. The van der Waals surface area contributed by atoms with E-state index < -0.39 is 0 Å². The molecule has 74 valence electrons. The largest absolute Gasteiger partial charge is 0.466 e. The van der Waals surface area contributed by atoms with Crippen molar-refractivity contribution in [1.82, 2.24) is 5.32 Å². The average Bonchev–Trinajstić information content (AvgIpc) is 2.31. The van der Waals surface area contributed by atoms with E-state index in [1.165, 1.54) is 5.56 Å². The molecule has 1 unspecified atom stereocenters. The minimum absolute atomic E-state index is 0.400. The Morgan fingerprint density at radius 2 is 1.92 bits per heavy atom. The van der Waals surface area contributed by atoms with Crippen molar-refractivity contribution in [3.05, 3.63) is 23.2 Å². The van der Waals surface area contributed by atoms with Gasteiger partial charge in [-0.15, -0.1) is 0 Å². The number of hydrogen-bond acceptors (Lipinski definition) is 2. The van der Waals surface area contributed by atoms with Gasteiger partial charge in [0.1, 0.15) is 11.5 Å². The Balaban J connectivity index is 2.97. The van der Waals surface area contributed by atoms with Gasteiger partial charge in [-0.2, -0.15) is 0 Å². The highest BCUT2D eigenvalue weighted by atomic mass is 16.3. The lowest BCUT2D eigenvalue weighted by Gasteiger charge is -2.19. The highest BCUT2D eigenvalue weighted by Gasteiger charge is 2.18. The summed E-state index contributed by atoms with van der Waals surface area (Å²) < 4.78 is 5.51. The first-order chi connectivity index (χ1) is 6.06. The lowest BCUT2D eigenvalue weighted by atomic mass is 9.96. The van der Waals surface area contributed by atoms with E-state index in [0.29, 0.717) is 12.0 Å². The van der Waals surface area contributed by atoms with Crippen LogP contribution in [0.2, 0.25) is 0 Å². The van der Waals surface area contributed by atoms with Gasteiger partial charge in [-0.1, -0.05) is 13.8 Å². The Morgan fingerprint density at radius 1 is 1.31 bits per heavy atom. The zero-order valence-corrected chi connectivity index (χ0v) is 9.14. The topological polar surface area (TPSA) is 25.2 Å². The van der Waals surface area contributed by atoms with Crippen LogP contribution in [-0.2, 0) is 0 Å². The van der Waals surface area contributed by atoms with Gasteiger partial charge in [0.25, 0.3) is 0 Å². The van der Waals surface area contributed by atoms with Gasteiger partial charge in [0.15, 0.2) is 0 Å². The van der Waals surface area contributed by atoms with E-state index >= 15 is 0 Å². The van der Waals surface area contributed by atoms with Crippen LogP contribution in [0.4, 0.5) is 0 Å². The zero-order chi connectivity index (χ0) is 10.0. The number of hydrogen-bond donors (Lipinski definition) is 1. The average molecular weight is 181 g/mol. The van der Waals surface area contributed by atoms with Crippen LogP contribution in [0.15, 0.2) is 10.5 Å². The Kier molecular flexibility index (Phi) is 3.15. The van der Waals surface area contributed by atoms with E-state index in [0.717, 1.165) is 11.5 Å². The second-order valence-corrected chi connectivity index (χ2v) is 3.88. The molecule has 2 nitrogen and oxygen atoms in total. The Labute approximate surface area is 80.3 Å². The van der Waals surface area contributed by atoms with Gasteiger partial charge < -0.3 is 9.73 Å². The molecule has 0 aliphatic carbocycles. The van der Waals surface area contributed by atoms with E-state index in [9.17, 15) is 0 Å². The quantitative estimate of drug-likeness (QED) is 0.775. The molecule has 0 radical (unpaired) electrons. The van der Waals surface area contributed by atoms with E-state index in [-0.39, 0.29) is 0 Å². The van der Waals surface area contributed by atoms with Crippen molar-refractivity contribution < 1.29 is 4.42 Å². The molecule has 0 saturated carbocycles. The van der Waals surface area contributed by atoms with Crippen LogP contribution >= 0.6 is 0 Å². The molecule has 1 N–H and O–H groups in total. The predicted octanol–water partition coefficient (Wildman–Crippen LogP) is 2.81. The smallest absolute Gasteiger partial charge is 0.105 e. The number of rotatable bonds is 3. The maximum atomic E-state index is 5.51. The van der Waals surface area contributed by atoms with E-state index in [4.69, 9.17) is 4.42 Å². The fourth-order valence-electron chi connectivity index (χ4n) is 1.81. The van der Waals surface area contributed by atoms with Crippen molar-refractivity contribution in [3.8, 4) is 0 Å². The van der Waals surface area contributed by atoms with Crippen molar-refractivity contribution in [2.75, 3.05) is 7.05 Å². The van der Waals surface area contributed by atoms with Crippen LogP contribution in [0.5, 0.6) is 0 Å². The van der Waals surface area contributed by atoms with Gasteiger partial charge in [0, 0.05) is 11.6 Å². The van der Waals surface area contributed by atoms with Gasteiger partial charge >= 0.3 is 0 Å². The van der Waals surface area contributed by atoms with Crippen molar-refractivity contribution in [2.45, 2.75) is 33.7 Å². The maximum absolute atomic E-state index is 5.51. The second kappa shape index (κ2) is 3.97. The molecular formula is C11H19NO. The van der Waals surface area contributed by atoms with E-state index in [1.54, 1.807) is 0 Å². The van der Waals surface area contributed by atoms with Crippen LogP contribution in [0.1, 0.15) is 37.0 Å². The SMILES string of the molecule is CNC(c1cc(C)oc1C)C(C)C. The van der Waals surface area contributed by atoms with Crippen LogP contribution in [0.25, 0.3) is 0 Å². The lowest BCUT2D eigenvalue weighted by Crippen LogP contribution is -2.21. The molecule has 0 aliphatic rings. The molecule has 0 spiro atoms. The summed E-state index contributed by atoms with van der Waals surface area (Å²) in [6, 6.07) is 2.52. The molecule has 0 aromatic carbocycles. The predicted molar refractivity (Wildman–Crippen MR) is 54.8 cm³/mol. The van der Waals surface area contributed by atoms with Crippen molar-refractivity contribution >= 4 is 0 Å². The molecule has 0 bridgehead atoms. The standard InChI is InChI=1S/C11H19NO/c1-7(2)11(12-5)10-6-8(3)13-9(10)4/h6-7,11-12H,1-5H3. The fraction of sp³-hybridized carbons (Fsp3) is 0.636. The number of aryl methyl sites for hydroxylation is 2. The molecular weight excluding hydrogens is 162 g/mol. The Morgan fingerprint density at radius 3 is 2.23 bits per heavy atom.